The van der Waals surface area contributed by atoms with Crippen molar-refractivity contribution in [3.05, 3.63) is 75.5 Å². The zero-order chi connectivity index (χ0) is 22.1. The fourth-order valence-corrected chi connectivity index (χ4v) is 5.50. The molecule has 1 amide bonds. The monoisotopic (exact) mass is 442 g/mol. The van der Waals surface area contributed by atoms with E-state index in [0.29, 0.717) is 17.3 Å². The molecule has 0 aliphatic heterocycles. The van der Waals surface area contributed by atoms with Gasteiger partial charge >= 0.3 is 0 Å². The Labute approximate surface area is 182 Å². The highest BCUT2D eigenvalue weighted by Crippen LogP contribution is 2.29. The number of hydrogen-bond donors (Lipinski definition) is 1. The summed E-state index contributed by atoms with van der Waals surface area (Å²) in [4.78, 5) is 13.0. The largest absolute Gasteiger partial charge is 0.321 e. The molecule has 0 saturated heterocycles. The van der Waals surface area contributed by atoms with Crippen molar-refractivity contribution in [2.24, 2.45) is 0 Å². The topological polar surface area (TPSA) is 66.5 Å². The Morgan fingerprint density at radius 1 is 1.00 bits per heavy atom. The minimum absolute atomic E-state index is 0.00419. The van der Waals surface area contributed by atoms with Gasteiger partial charge in [0.25, 0.3) is 15.9 Å². The van der Waals surface area contributed by atoms with Crippen LogP contribution in [-0.4, -0.2) is 21.4 Å². The van der Waals surface area contributed by atoms with Gasteiger partial charge in [0.2, 0.25) is 0 Å². The van der Waals surface area contributed by atoms with Crippen LogP contribution in [-0.2, 0) is 10.0 Å². The van der Waals surface area contributed by atoms with Crippen LogP contribution in [0.15, 0.2) is 58.8 Å². The Balaban J connectivity index is 1.87. The molecule has 0 saturated carbocycles. The van der Waals surface area contributed by atoms with Crippen molar-refractivity contribution in [1.82, 2.24) is 0 Å². The van der Waals surface area contributed by atoms with Gasteiger partial charge < -0.3 is 5.32 Å². The van der Waals surface area contributed by atoms with Crippen LogP contribution in [0.1, 0.15) is 46.1 Å². The lowest BCUT2D eigenvalue weighted by atomic mass is 10.0. The van der Waals surface area contributed by atoms with E-state index in [1.54, 1.807) is 11.4 Å². The third kappa shape index (κ3) is 4.42. The van der Waals surface area contributed by atoms with Gasteiger partial charge in [-0.2, -0.15) is 0 Å². The average Bonchev–Trinajstić information content (AvgIpc) is 3.21. The molecule has 1 heterocycles. The maximum Gasteiger partial charge on any atom is 0.267 e. The first-order valence-corrected chi connectivity index (χ1v) is 12.0. The zero-order valence-corrected chi connectivity index (χ0v) is 19.4. The van der Waals surface area contributed by atoms with Gasteiger partial charge in [0.05, 0.1) is 5.69 Å². The first-order chi connectivity index (χ1) is 14.1. The quantitative estimate of drug-likeness (QED) is 0.543. The van der Waals surface area contributed by atoms with E-state index in [9.17, 15) is 13.2 Å². The van der Waals surface area contributed by atoms with E-state index in [-0.39, 0.29) is 9.77 Å². The first-order valence-electron chi connectivity index (χ1n) is 9.66. The first kappa shape index (κ1) is 22.1. The van der Waals surface area contributed by atoms with Gasteiger partial charge in [-0.1, -0.05) is 32.0 Å². The second-order valence-electron chi connectivity index (χ2n) is 7.59. The summed E-state index contributed by atoms with van der Waals surface area (Å²) in [5.41, 5.74) is 4.44. The normalized spacial score (nSPS) is 11.5. The van der Waals surface area contributed by atoms with Crippen molar-refractivity contribution < 1.29 is 13.2 Å². The highest BCUT2D eigenvalue weighted by atomic mass is 32.2. The predicted molar refractivity (Wildman–Crippen MR) is 124 cm³/mol. The minimum atomic E-state index is -3.88. The fourth-order valence-electron chi connectivity index (χ4n) is 3.01. The molecule has 0 unspecified atom stereocenters. The summed E-state index contributed by atoms with van der Waals surface area (Å²) in [6, 6.07) is 14.5. The molecule has 1 N–H and O–H groups in total. The van der Waals surface area contributed by atoms with Gasteiger partial charge in [-0.25, -0.2) is 8.42 Å². The number of nitrogens with zero attached hydrogens (tertiary/aromatic N) is 1. The van der Waals surface area contributed by atoms with E-state index in [1.165, 1.54) is 23.0 Å². The number of hydrogen-bond acceptors (Lipinski definition) is 4. The summed E-state index contributed by atoms with van der Waals surface area (Å²) in [6.07, 6.45) is 0. The molecule has 0 bridgehead atoms. The van der Waals surface area contributed by atoms with E-state index < -0.39 is 15.9 Å². The number of carbonyl (C=O) groups excluding carboxylic acids is 1. The van der Waals surface area contributed by atoms with Gasteiger partial charge in [0, 0.05) is 12.7 Å². The molecule has 30 heavy (non-hydrogen) atoms. The molecule has 2 aromatic carbocycles. The van der Waals surface area contributed by atoms with Crippen LogP contribution < -0.4 is 9.62 Å². The standard InChI is InChI=1S/C23H26N2O3S2/c1-15(2)18-7-9-19(10-8-18)24-23(26)22-21(12-13-29-22)30(27,28)25(5)20-11-6-16(3)17(4)14-20/h6-15H,1-5H3,(H,24,26). The van der Waals surface area contributed by atoms with Gasteiger partial charge in [-0.15, -0.1) is 11.3 Å². The van der Waals surface area contributed by atoms with Crippen molar-refractivity contribution in [2.75, 3.05) is 16.7 Å². The van der Waals surface area contributed by atoms with Crippen molar-refractivity contribution in [3.63, 3.8) is 0 Å². The molecule has 1 aromatic heterocycles. The van der Waals surface area contributed by atoms with Crippen LogP contribution in [0.3, 0.4) is 0 Å². The summed E-state index contributed by atoms with van der Waals surface area (Å²) in [7, 11) is -2.38. The number of aryl methyl sites for hydroxylation is 2. The molecule has 0 spiro atoms. The van der Waals surface area contributed by atoms with E-state index in [2.05, 4.69) is 19.2 Å². The lowest BCUT2D eigenvalue weighted by molar-refractivity contribution is 0.102. The number of thiophene rings is 1. The molecule has 5 nitrogen and oxygen atoms in total. The molecule has 0 radical (unpaired) electrons. The summed E-state index contributed by atoms with van der Waals surface area (Å²) in [6.45, 7) is 8.11. The van der Waals surface area contributed by atoms with Gasteiger partial charge in [0.1, 0.15) is 9.77 Å². The highest BCUT2D eigenvalue weighted by molar-refractivity contribution is 7.93. The molecule has 0 aliphatic rings. The molecule has 0 fully saturated rings. The second kappa shape index (κ2) is 8.62. The summed E-state index contributed by atoms with van der Waals surface area (Å²) in [5.74, 6) is -0.0425. The average molecular weight is 443 g/mol. The summed E-state index contributed by atoms with van der Waals surface area (Å²) >= 11 is 1.11. The smallest absolute Gasteiger partial charge is 0.267 e. The Morgan fingerprint density at radius 3 is 2.27 bits per heavy atom. The lowest BCUT2D eigenvalue weighted by Gasteiger charge is -2.20. The van der Waals surface area contributed by atoms with Crippen molar-refractivity contribution >= 4 is 38.6 Å². The van der Waals surface area contributed by atoms with Gasteiger partial charge in [-0.3, -0.25) is 9.10 Å². The Hall–Kier alpha value is -2.64. The van der Waals surface area contributed by atoms with Gasteiger partial charge in [0.15, 0.2) is 0 Å². The molecule has 3 aromatic rings. The maximum atomic E-state index is 13.2. The lowest BCUT2D eigenvalue weighted by Crippen LogP contribution is -2.28. The van der Waals surface area contributed by atoms with Gasteiger partial charge in [-0.05, 0) is 72.2 Å². The van der Waals surface area contributed by atoms with Crippen LogP contribution in [0.25, 0.3) is 0 Å². The van der Waals surface area contributed by atoms with Crippen LogP contribution in [0.5, 0.6) is 0 Å². The van der Waals surface area contributed by atoms with E-state index >= 15 is 0 Å². The van der Waals surface area contributed by atoms with E-state index in [0.717, 1.165) is 22.5 Å². The Morgan fingerprint density at radius 2 is 1.67 bits per heavy atom. The number of rotatable bonds is 6. The number of nitrogens with one attached hydrogen (secondary N) is 1. The SMILES string of the molecule is Cc1ccc(N(C)S(=O)(=O)c2ccsc2C(=O)Nc2ccc(C(C)C)cc2)cc1C. The number of amides is 1. The molecule has 3 rings (SSSR count). The van der Waals surface area contributed by atoms with Crippen LogP contribution >= 0.6 is 11.3 Å². The maximum absolute atomic E-state index is 13.2. The molecule has 0 atom stereocenters. The van der Waals surface area contributed by atoms with Crippen LogP contribution in [0.4, 0.5) is 11.4 Å². The third-order valence-electron chi connectivity index (χ3n) is 5.16. The molecular formula is C23H26N2O3S2. The Bertz CT molecular complexity index is 1160. The number of carbonyl (C=O) groups is 1. The molecule has 158 valence electrons. The summed E-state index contributed by atoms with van der Waals surface area (Å²) in [5, 5.41) is 4.43. The van der Waals surface area contributed by atoms with Crippen LogP contribution in [0.2, 0.25) is 0 Å². The number of sulfonamides is 1. The second-order valence-corrected chi connectivity index (χ2v) is 10.4. The van der Waals surface area contributed by atoms with Crippen LogP contribution in [0, 0.1) is 13.8 Å². The van der Waals surface area contributed by atoms with Crippen molar-refractivity contribution in [1.29, 1.82) is 0 Å². The van der Waals surface area contributed by atoms with Crippen molar-refractivity contribution in [2.45, 2.75) is 38.5 Å². The zero-order valence-electron chi connectivity index (χ0n) is 17.8. The Kier molecular flexibility index (Phi) is 6.33. The minimum Gasteiger partial charge on any atom is -0.321 e. The molecule has 7 heteroatoms. The third-order valence-corrected chi connectivity index (χ3v) is 8.03. The predicted octanol–water partition coefficient (Wildman–Crippen LogP) is 5.57. The highest BCUT2D eigenvalue weighted by Gasteiger charge is 2.28. The van der Waals surface area contributed by atoms with E-state index in [4.69, 9.17) is 0 Å². The van der Waals surface area contributed by atoms with Crippen molar-refractivity contribution in [3.8, 4) is 0 Å². The fraction of sp³-hybridized carbons (Fsp3) is 0.261. The van der Waals surface area contributed by atoms with E-state index in [1.807, 2.05) is 50.2 Å². The molecule has 0 aliphatic carbocycles. The summed E-state index contributed by atoms with van der Waals surface area (Å²) < 4.78 is 27.7. The number of benzene rings is 2. The number of anilines is 2. The molecular weight excluding hydrogens is 416 g/mol.